The Kier molecular flexibility index (Phi) is 9.78. The zero-order chi connectivity index (χ0) is 23.3. The summed E-state index contributed by atoms with van der Waals surface area (Å²) in [5.41, 5.74) is 3.87. The first-order valence-electron chi connectivity index (χ1n) is 10.7. The molecule has 0 aliphatic heterocycles. The molecule has 4 rings (SSSR count). The normalized spacial score (nSPS) is 9.66. The first-order valence-corrected chi connectivity index (χ1v) is 10.7. The Morgan fingerprint density at radius 3 is 2.22 bits per heavy atom. The van der Waals surface area contributed by atoms with E-state index in [-0.39, 0.29) is 5.91 Å². The fraction of sp³-hybridized carbons (Fsp3) is 0.231. The molecule has 2 aromatic heterocycles. The number of fused-ring (bicyclic) bond motifs is 1. The van der Waals surface area contributed by atoms with E-state index in [1.54, 1.807) is 30.7 Å². The molecule has 6 heteroatoms. The fourth-order valence-corrected chi connectivity index (χ4v) is 2.81. The Bertz CT molecular complexity index is 1100. The number of ether oxygens (including phenoxy) is 1. The van der Waals surface area contributed by atoms with Crippen molar-refractivity contribution < 1.29 is 9.53 Å². The van der Waals surface area contributed by atoms with Gasteiger partial charge in [0.1, 0.15) is 11.5 Å². The lowest BCUT2D eigenvalue weighted by Crippen LogP contribution is -2.22. The summed E-state index contributed by atoms with van der Waals surface area (Å²) in [7, 11) is 0. The van der Waals surface area contributed by atoms with Gasteiger partial charge in [0, 0.05) is 36.1 Å². The van der Waals surface area contributed by atoms with Gasteiger partial charge in [0.2, 0.25) is 0 Å². The minimum absolute atomic E-state index is 0.103. The Labute approximate surface area is 189 Å². The van der Waals surface area contributed by atoms with E-state index in [9.17, 15) is 4.79 Å². The molecular weight excluding hydrogens is 400 g/mol. The molecular formula is C26H30N4O2. The van der Waals surface area contributed by atoms with E-state index < -0.39 is 0 Å². The molecule has 0 saturated heterocycles. The lowest BCUT2D eigenvalue weighted by atomic mass is 10.1. The van der Waals surface area contributed by atoms with E-state index in [0.29, 0.717) is 17.9 Å². The zero-order valence-electron chi connectivity index (χ0n) is 19.3. The van der Waals surface area contributed by atoms with Crippen molar-refractivity contribution in [1.82, 2.24) is 20.5 Å². The highest BCUT2D eigenvalue weighted by Gasteiger charge is 2.09. The van der Waals surface area contributed by atoms with Gasteiger partial charge in [-0.05, 0) is 80.4 Å². The highest BCUT2D eigenvalue weighted by atomic mass is 16.5. The number of hydrogen-bond donors (Lipinski definition) is 1. The van der Waals surface area contributed by atoms with E-state index >= 15 is 0 Å². The molecule has 1 amide bonds. The van der Waals surface area contributed by atoms with E-state index in [1.807, 2.05) is 51.1 Å². The van der Waals surface area contributed by atoms with Crippen LogP contribution in [-0.2, 0) is 0 Å². The molecule has 0 unspecified atom stereocenters. The number of aryl methyl sites for hydroxylation is 2. The van der Waals surface area contributed by atoms with Crippen molar-refractivity contribution in [3.05, 3.63) is 89.9 Å². The minimum Gasteiger partial charge on any atom is -0.457 e. The van der Waals surface area contributed by atoms with E-state index in [1.165, 1.54) is 11.1 Å². The first-order chi connectivity index (χ1) is 15.6. The second-order valence-corrected chi connectivity index (χ2v) is 6.67. The second-order valence-electron chi connectivity index (χ2n) is 6.67. The molecule has 0 spiro atoms. The quantitative estimate of drug-likeness (QED) is 0.436. The molecule has 4 aromatic rings. The zero-order valence-corrected chi connectivity index (χ0v) is 19.3. The Morgan fingerprint density at radius 1 is 0.906 bits per heavy atom. The van der Waals surface area contributed by atoms with Crippen LogP contribution in [0.4, 0.5) is 0 Å². The summed E-state index contributed by atoms with van der Waals surface area (Å²) in [6.45, 7) is 10.6. The lowest BCUT2D eigenvalue weighted by molar-refractivity contribution is 0.0955. The molecule has 0 aliphatic carbocycles. The summed E-state index contributed by atoms with van der Waals surface area (Å²) in [5, 5.41) is 10.8. The number of carbonyl (C=O) groups excluding carboxylic acids is 1. The van der Waals surface area contributed by atoms with Crippen molar-refractivity contribution in [2.24, 2.45) is 0 Å². The van der Waals surface area contributed by atoms with Gasteiger partial charge in [-0.25, -0.2) is 0 Å². The van der Waals surface area contributed by atoms with Gasteiger partial charge in [0.15, 0.2) is 0 Å². The van der Waals surface area contributed by atoms with Crippen LogP contribution in [0.2, 0.25) is 0 Å². The molecule has 0 bridgehead atoms. The van der Waals surface area contributed by atoms with Gasteiger partial charge >= 0.3 is 0 Å². The monoisotopic (exact) mass is 430 g/mol. The Hall–Kier alpha value is -3.80. The maximum Gasteiger partial charge on any atom is 0.251 e. The van der Waals surface area contributed by atoms with Crippen LogP contribution in [0.1, 0.15) is 42.3 Å². The molecule has 32 heavy (non-hydrogen) atoms. The number of rotatable bonds is 4. The number of pyridine rings is 1. The number of aromatic nitrogens is 3. The Morgan fingerprint density at radius 2 is 1.59 bits per heavy atom. The number of carbonyl (C=O) groups is 1. The SMILES string of the molecule is CC.CCNC(=O)c1cccc(Oc2ccnc3cc(C)c(C)cc23)c1.c1ccnnc1. The van der Waals surface area contributed by atoms with Crippen molar-refractivity contribution in [2.75, 3.05) is 6.54 Å². The number of hydrogen-bond acceptors (Lipinski definition) is 5. The van der Waals surface area contributed by atoms with Crippen LogP contribution in [0.15, 0.2) is 73.2 Å². The standard InChI is InChI=1S/C20H20N2O2.C4H4N2.C2H6/c1-4-21-20(23)15-6-5-7-16(12-15)24-19-8-9-22-18-11-14(3)13(2)10-17(18)19;1-2-4-6-5-3-1;1-2/h5-12H,4H2,1-3H3,(H,21,23);1-4H;1-2H3. The molecule has 2 aromatic carbocycles. The third kappa shape index (κ3) is 6.87. The number of nitrogens with one attached hydrogen (secondary N) is 1. The molecule has 0 saturated carbocycles. The fourth-order valence-electron chi connectivity index (χ4n) is 2.81. The van der Waals surface area contributed by atoms with Gasteiger partial charge in [0.25, 0.3) is 5.91 Å². The molecule has 166 valence electrons. The molecule has 0 atom stereocenters. The van der Waals surface area contributed by atoms with Gasteiger partial charge in [-0.1, -0.05) is 19.9 Å². The van der Waals surface area contributed by atoms with Crippen molar-refractivity contribution in [3.8, 4) is 11.5 Å². The van der Waals surface area contributed by atoms with Gasteiger partial charge < -0.3 is 10.1 Å². The predicted molar refractivity (Wildman–Crippen MR) is 129 cm³/mol. The van der Waals surface area contributed by atoms with Gasteiger partial charge in [-0.2, -0.15) is 10.2 Å². The third-order valence-corrected chi connectivity index (χ3v) is 4.46. The number of nitrogens with zero attached hydrogens (tertiary/aromatic N) is 3. The maximum atomic E-state index is 12.0. The molecule has 0 aliphatic rings. The summed E-state index contributed by atoms with van der Waals surface area (Å²) in [6, 6.07) is 16.8. The molecule has 6 nitrogen and oxygen atoms in total. The lowest BCUT2D eigenvalue weighted by Gasteiger charge is -2.11. The minimum atomic E-state index is -0.103. The van der Waals surface area contributed by atoms with Gasteiger partial charge in [0.05, 0.1) is 5.52 Å². The second kappa shape index (κ2) is 12.8. The highest BCUT2D eigenvalue weighted by Crippen LogP contribution is 2.30. The van der Waals surface area contributed by atoms with Crippen molar-refractivity contribution >= 4 is 16.8 Å². The topological polar surface area (TPSA) is 77.0 Å². The first kappa shape index (κ1) is 24.5. The third-order valence-electron chi connectivity index (χ3n) is 4.46. The van der Waals surface area contributed by atoms with Crippen LogP contribution in [-0.4, -0.2) is 27.6 Å². The van der Waals surface area contributed by atoms with Crippen molar-refractivity contribution in [3.63, 3.8) is 0 Å². The van der Waals surface area contributed by atoms with Crippen LogP contribution in [0.3, 0.4) is 0 Å². The Balaban J connectivity index is 0.000000387. The maximum absolute atomic E-state index is 12.0. The summed E-state index contributed by atoms with van der Waals surface area (Å²) in [6.07, 6.45) is 5.01. The van der Waals surface area contributed by atoms with Crippen LogP contribution in [0.5, 0.6) is 11.5 Å². The number of amides is 1. The molecule has 0 radical (unpaired) electrons. The molecule has 1 N–H and O–H groups in total. The summed E-state index contributed by atoms with van der Waals surface area (Å²) in [5.74, 6) is 1.26. The average molecular weight is 431 g/mol. The van der Waals surface area contributed by atoms with E-state index in [2.05, 4.69) is 46.5 Å². The largest absolute Gasteiger partial charge is 0.457 e. The number of benzene rings is 2. The average Bonchev–Trinajstić information content (AvgIpc) is 2.83. The van der Waals surface area contributed by atoms with Gasteiger partial charge in [-0.3, -0.25) is 9.78 Å². The van der Waals surface area contributed by atoms with E-state index in [4.69, 9.17) is 4.74 Å². The summed E-state index contributed by atoms with van der Waals surface area (Å²) >= 11 is 0. The van der Waals surface area contributed by atoms with Crippen LogP contribution in [0, 0.1) is 13.8 Å². The van der Waals surface area contributed by atoms with Crippen LogP contribution in [0.25, 0.3) is 10.9 Å². The van der Waals surface area contributed by atoms with Gasteiger partial charge in [-0.15, -0.1) is 0 Å². The van der Waals surface area contributed by atoms with E-state index in [0.717, 1.165) is 16.7 Å². The van der Waals surface area contributed by atoms with Crippen LogP contribution < -0.4 is 10.1 Å². The van der Waals surface area contributed by atoms with Crippen molar-refractivity contribution in [1.29, 1.82) is 0 Å². The predicted octanol–water partition coefficient (Wildman–Crippen LogP) is 5.90. The van der Waals surface area contributed by atoms with Crippen LogP contribution >= 0.6 is 0 Å². The highest BCUT2D eigenvalue weighted by molar-refractivity contribution is 5.94. The smallest absolute Gasteiger partial charge is 0.251 e. The summed E-state index contributed by atoms with van der Waals surface area (Å²) < 4.78 is 6.04. The molecule has 2 heterocycles. The summed E-state index contributed by atoms with van der Waals surface area (Å²) in [4.78, 5) is 16.4. The van der Waals surface area contributed by atoms with Crippen molar-refractivity contribution in [2.45, 2.75) is 34.6 Å². The molecule has 0 fully saturated rings.